The van der Waals surface area contributed by atoms with E-state index in [0.717, 1.165) is 27.8 Å². The molecule has 0 spiro atoms. The lowest BCUT2D eigenvalue weighted by molar-refractivity contribution is 0.0971. The minimum Gasteiger partial charge on any atom is -0.381 e. The molecule has 3 heterocycles. The molecule has 9 heteroatoms. The maximum Gasteiger partial charge on any atom is 0.217 e. The van der Waals surface area contributed by atoms with Gasteiger partial charge in [-0.05, 0) is 25.0 Å². The predicted molar refractivity (Wildman–Crippen MR) is 127 cm³/mol. The van der Waals surface area contributed by atoms with Gasteiger partial charge in [0.2, 0.25) is 10.0 Å². The number of piperazine rings is 1. The number of benzene rings is 2. The van der Waals surface area contributed by atoms with Gasteiger partial charge in [-0.25, -0.2) is 8.42 Å². The monoisotopic (exact) mass is 472 g/mol. The van der Waals surface area contributed by atoms with Crippen molar-refractivity contribution in [3.63, 3.8) is 0 Å². The summed E-state index contributed by atoms with van der Waals surface area (Å²) in [6.45, 7) is 3.11. The van der Waals surface area contributed by atoms with E-state index in [4.69, 9.17) is 16.3 Å². The largest absolute Gasteiger partial charge is 0.381 e. The van der Waals surface area contributed by atoms with Crippen LogP contribution in [0.5, 0.6) is 0 Å². The Labute approximate surface area is 193 Å². The van der Waals surface area contributed by atoms with Gasteiger partial charge in [0.15, 0.2) is 5.82 Å². The van der Waals surface area contributed by atoms with Gasteiger partial charge in [0, 0.05) is 60.8 Å². The lowest BCUT2D eigenvalue weighted by Crippen LogP contribution is -2.52. The third-order valence-electron chi connectivity index (χ3n) is 6.27. The van der Waals surface area contributed by atoms with E-state index in [0.29, 0.717) is 57.3 Å². The van der Waals surface area contributed by atoms with Crippen molar-refractivity contribution in [1.29, 1.82) is 0 Å². The highest BCUT2D eigenvalue weighted by atomic mass is 35.5. The van der Waals surface area contributed by atoms with Crippen LogP contribution < -0.4 is 4.90 Å². The number of sulfonamides is 1. The maximum atomic E-state index is 13.0. The number of fused-ring (bicyclic) bond motifs is 1. The molecule has 2 aliphatic heterocycles. The molecule has 0 N–H and O–H groups in total. The third kappa shape index (κ3) is 4.08. The van der Waals surface area contributed by atoms with Gasteiger partial charge in [-0.15, -0.1) is 10.2 Å². The van der Waals surface area contributed by atoms with Gasteiger partial charge >= 0.3 is 0 Å². The highest BCUT2D eigenvalue weighted by Crippen LogP contribution is 2.32. The zero-order valence-electron chi connectivity index (χ0n) is 17.7. The molecular formula is C23H25ClN4O3S. The SMILES string of the molecule is O=S(=O)(C1CCOCC1)N1CCN(c2nnc(-c3ccc(Cl)cc3)c3ccccc23)CC1. The molecule has 0 unspecified atom stereocenters. The van der Waals surface area contributed by atoms with Crippen LogP contribution in [0.2, 0.25) is 5.02 Å². The molecule has 0 bridgehead atoms. The first-order valence-corrected chi connectivity index (χ1v) is 12.8. The van der Waals surface area contributed by atoms with Gasteiger partial charge in [-0.2, -0.15) is 4.31 Å². The zero-order chi connectivity index (χ0) is 22.1. The number of ether oxygens (including phenoxy) is 1. The molecule has 2 fully saturated rings. The van der Waals surface area contributed by atoms with Crippen molar-refractivity contribution < 1.29 is 13.2 Å². The van der Waals surface area contributed by atoms with Crippen LogP contribution in [0.3, 0.4) is 0 Å². The topological polar surface area (TPSA) is 75.6 Å². The van der Waals surface area contributed by atoms with Crippen LogP contribution in [0.4, 0.5) is 5.82 Å². The Hall–Kier alpha value is -2.26. The van der Waals surface area contributed by atoms with E-state index in [1.165, 1.54) is 0 Å². The molecule has 1 aromatic heterocycles. The first-order chi connectivity index (χ1) is 15.5. The lowest BCUT2D eigenvalue weighted by atomic mass is 10.0. The Morgan fingerprint density at radius 2 is 1.53 bits per heavy atom. The van der Waals surface area contributed by atoms with Gasteiger partial charge in [0.25, 0.3) is 0 Å². The van der Waals surface area contributed by atoms with Crippen molar-refractivity contribution in [3.8, 4) is 11.3 Å². The summed E-state index contributed by atoms with van der Waals surface area (Å²) in [6, 6.07) is 15.7. The lowest BCUT2D eigenvalue weighted by Gasteiger charge is -2.37. The van der Waals surface area contributed by atoms with Crippen molar-refractivity contribution in [2.45, 2.75) is 18.1 Å². The predicted octanol–water partition coefficient (Wildman–Crippen LogP) is 3.58. The Morgan fingerprint density at radius 1 is 0.875 bits per heavy atom. The van der Waals surface area contributed by atoms with Crippen LogP contribution in [0.25, 0.3) is 22.0 Å². The number of halogens is 1. The summed E-state index contributed by atoms with van der Waals surface area (Å²) in [5, 5.41) is 11.5. The molecule has 0 aliphatic carbocycles. The fraction of sp³-hybridized carbons (Fsp3) is 0.391. The van der Waals surface area contributed by atoms with Crippen LogP contribution in [-0.2, 0) is 14.8 Å². The summed E-state index contributed by atoms with van der Waals surface area (Å²) < 4.78 is 33.0. The highest BCUT2D eigenvalue weighted by Gasteiger charge is 2.35. The fourth-order valence-corrected chi connectivity index (χ4v) is 6.49. The molecule has 0 atom stereocenters. The van der Waals surface area contributed by atoms with E-state index in [-0.39, 0.29) is 5.25 Å². The molecule has 7 nitrogen and oxygen atoms in total. The van der Waals surface area contributed by atoms with E-state index in [1.54, 1.807) is 4.31 Å². The molecule has 32 heavy (non-hydrogen) atoms. The second kappa shape index (κ2) is 8.94. The number of hydrogen-bond acceptors (Lipinski definition) is 6. The van der Waals surface area contributed by atoms with Crippen molar-refractivity contribution >= 4 is 38.2 Å². The van der Waals surface area contributed by atoms with Crippen LogP contribution >= 0.6 is 11.6 Å². The van der Waals surface area contributed by atoms with Gasteiger partial charge < -0.3 is 9.64 Å². The van der Waals surface area contributed by atoms with Crippen LogP contribution in [0, 0.1) is 0 Å². The average Bonchev–Trinajstić information content (AvgIpc) is 2.85. The Morgan fingerprint density at radius 3 is 2.22 bits per heavy atom. The van der Waals surface area contributed by atoms with Crippen molar-refractivity contribution in [3.05, 3.63) is 53.6 Å². The van der Waals surface area contributed by atoms with E-state index >= 15 is 0 Å². The zero-order valence-corrected chi connectivity index (χ0v) is 19.2. The van der Waals surface area contributed by atoms with Gasteiger partial charge in [-0.3, -0.25) is 0 Å². The van der Waals surface area contributed by atoms with Crippen molar-refractivity contribution in [2.24, 2.45) is 0 Å². The summed E-state index contributed by atoms with van der Waals surface area (Å²) in [5.41, 5.74) is 1.76. The van der Waals surface area contributed by atoms with Crippen molar-refractivity contribution in [2.75, 3.05) is 44.3 Å². The van der Waals surface area contributed by atoms with E-state index in [9.17, 15) is 8.42 Å². The van der Waals surface area contributed by atoms with E-state index in [1.807, 2.05) is 48.5 Å². The van der Waals surface area contributed by atoms with Crippen LogP contribution in [0.15, 0.2) is 48.5 Å². The molecule has 5 rings (SSSR count). The normalized spacial score (nSPS) is 18.8. The molecule has 168 valence electrons. The van der Waals surface area contributed by atoms with Crippen LogP contribution in [-0.4, -0.2) is 67.6 Å². The number of aromatic nitrogens is 2. The number of hydrogen-bond donors (Lipinski definition) is 0. The third-order valence-corrected chi connectivity index (χ3v) is 8.92. The number of nitrogens with zero attached hydrogens (tertiary/aromatic N) is 4. The smallest absolute Gasteiger partial charge is 0.217 e. The van der Waals surface area contributed by atoms with E-state index in [2.05, 4.69) is 15.1 Å². The molecule has 0 radical (unpaired) electrons. The first kappa shape index (κ1) is 21.6. The molecule has 2 aromatic carbocycles. The van der Waals surface area contributed by atoms with Gasteiger partial charge in [-0.1, -0.05) is 48.0 Å². The number of rotatable bonds is 4. The van der Waals surface area contributed by atoms with Crippen molar-refractivity contribution in [1.82, 2.24) is 14.5 Å². The Kier molecular flexibility index (Phi) is 6.03. The second-order valence-electron chi connectivity index (χ2n) is 8.17. The summed E-state index contributed by atoms with van der Waals surface area (Å²) in [4.78, 5) is 2.14. The quantitative estimate of drug-likeness (QED) is 0.577. The van der Waals surface area contributed by atoms with Gasteiger partial charge in [0.05, 0.1) is 5.25 Å². The molecule has 3 aromatic rings. The highest BCUT2D eigenvalue weighted by molar-refractivity contribution is 7.89. The molecule has 2 aliphatic rings. The number of anilines is 1. The molecule has 0 saturated carbocycles. The summed E-state index contributed by atoms with van der Waals surface area (Å²) in [5.74, 6) is 0.793. The first-order valence-electron chi connectivity index (χ1n) is 10.9. The van der Waals surface area contributed by atoms with E-state index < -0.39 is 10.0 Å². The molecular weight excluding hydrogens is 448 g/mol. The average molecular weight is 473 g/mol. The molecule has 0 amide bonds. The summed E-state index contributed by atoms with van der Waals surface area (Å²) in [7, 11) is -3.30. The second-order valence-corrected chi connectivity index (χ2v) is 10.8. The van der Waals surface area contributed by atoms with Crippen LogP contribution in [0.1, 0.15) is 12.8 Å². The Balaban J connectivity index is 1.39. The van der Waals surface area contributed by atoms with Gasteiger partial charge in [0.1, 0.15) is 5.69 Å². The minimum absolute atomic E-state index is 0.331. The fourth-order valence-electron chi connectivity index (χ4n) is 4.48. The standard InChI is InChI=1S/C23H25ClN4O3S/c24-18-7-5-17(6-8-18)22-20-3-1-2-4-21(20)23(26-25-22)27-11-13-28(14-12-27)32(29,30)19-9-15-31-16-10-19/h1-8,19H,9-16H2. The Bertz CT molecular complexity index is 1210. The maximum absolute atomic E-state index is 13.0. The summed E-state index contributed by atoms with van der Waals surface area (Å²) in [6.07, 6.45) is 1.15. The molecule has 2 saturated heterocycles. The summed E-state index contributed by atoms with van der Waals surface area (Å²) >= 11 is 6.04. The minimum atomic E-state index is -3.30.